The van der Waals surface area contributed by atoms with Gasteiger partial charge in [-0.3, -0.25) is 9.59 Å². The Balaban J connectivity index is 2.82. The molecule has 0 aromatic heterocycles. The van der Waals surface area contributed by atoms with Crippen molar-refractivity contribution in [3.8, 4) is 11.5 Å². The lowest BCUT2D eigenvalue weighted by Gasteiger charge is -2.14. The first-order valence-corrected chi connectivity index (χ1v) is 8.64. The van der Waals surface area contributed by atoms with Crippen molar-refractivity contribution < 1.29 is 19.1 Å². The Hall–Kier alpha value is -2.35. The quantitative estimate of drug-likeness (QED) is 0.282. The number of ether oxygens (including phenoxy) is 2. The molecule has 25 heavy (non-hydrogen) atoms. The van der Waals surface area contributed by atoms with Gasteiger partial charge in [0, 0.05) is 6.54 Å². The summed E-state index contributed by atoms with van der Waals surface area (Å²) >= 11 is 3.44. The van der Waals surface area contributed by atoms with Gasteiger partial charge in [0.2, 0.25) is 0 Å². The smallest absolute Gasteiger partial charge is 0.329 e. The van der Waals surface area contributed by atoms with E-state index in [4.69, 9.17) is 9.47 Å². The summed E-state index contributed by atoms with van der Waals surface area (Å²) in [5, 5.41) is 6.13. The molecule has 0 radical (unpaired) electrons. The van der Waals surface area contributed by atoms with Gasteiger partial charge in [-0.2, -0.15) is 5.10 Å². The minimum Gasteiger partial charge on any atom is -0.490 e. The summed E-state index contributed by atoms with van der Waals surface area (Å²) in [7, 11) is 0. The van der Waals surface area contributed by atoms with E-state index in [-0.39, 0.29) is 6.54 Å². The summed E-state index contributed by atoms with van der Waals surface area (Å²) in [5.41, 5.74) is 2.83. The molecule has 0 saturated carbocycles. The number of carbonyl (C=O) groups is 2. The lowest BCUT2D eigenvalue weighted by molar-refractivity contribution is -0.139. The van der Waals surface area contributed by atoms with Crippen molar-refractivity contribution in [2.75, 3.05) is 19.8 Å². The standard InChI is InChI=1S/C17H22BrN3O4/c1-4-7-19-16(22)17(23)21-20-11-12-9-13(18)15(25-8-5-2)14(10-12)24-6-3/h4,9-11H,1,5-8H2,2-3H3,(H,19,22)(H,21,23)/b20-11-. The summed E-state index contributed by atoms with van der Waals surface area (Å²) in [5.74, 6) is -0.447. The van der Waals surface area contributed by atoms with Crippen LogP contribution in [0.5, 0.6) is 11.5 Å². The third-order valence-corrected chi connectivity index (χ3v) is 3.36. The van der Waals surface area contributed by atoms with E-state index < -0.39 is 11.8 Å². The van der Waals surface area contributed by atoms with Gasteiger partial charge in [-0.1, -0.05) is 13.0 Å². The molecular formula is C17H22BrN3O4. The minimum atomic E-state index is -0.856. The first-order chi connectivity index (χ1) is 12.0. The van der Waals surface area contributed by atoms with Crippen LogP contribution in [0.2, 0.25) is 0 Å². The molecule has 2 N–H and O–H groups in total. The fourth-order valence-electron chi connectivity index (χ4n) is 1.73. The minimum absolute atomic E-state index is 0.208. The van der Waals surface area contributed by atoms with Gasteiger partial charge in [0.25, 0.3) is 0 Å². The molecule has 0 aliphatic heterocycles. The third-order valence-electron chi connectivity index (χ3n) is 2.78. The van der Waals surface area contributed by atoms with Crippen LogP contribution >= 0.6 is 15.9 Å². The number of benzene rings is 1. The molecule has 0 heterocycles. The summed E-state index contributed by atoms with van der Waals surface area (Å²) in [6, 6.07) is 3.52. The lowest BCUT2D eigenvalue weighted by atomic mass is 10.2. The molecule has 0 unspecified atom stereocenters. The van der Waals surface area contributed by atoms with Crippen LogP contribution in [0.4, 0.5) is 0 Å². The predicted molar refractivity (Wildman–Crippen MR) is 100 cm³/mol. The number of hydrazone groups is 1. The molecule has 1 aromatic rings. The van der Waals surface area contributed by atoms with Crippen molar-refractivity contribution in [3.63, 3.8) is 0 Å². The van der Waals surface area contributed by atoms with Crippen molar-refractivity contribution in [1.29, 1.82) is 0 Å². The second kappa shape index (κ2) is 11.2. The zero-order valence-electron chi connectivity index (χ0n) is 14.3. The monoisotopic (exact) mass is 411 g/mol. The Morgan fingerprint density at radius 3 is 2.68 bits per heavy atom. The molecule has 0 aliphatic carbocycles. The van der Waals surface area contributed by atoms with Crippen LogP contribution in [-0.2, 0) is 9.59 Å². The number of amides is 2. The SMILES string of the molecule is C=CCNC(=O)C(=O)N/N=C\c1cc(Br)c(OCCC)c(OCC)c1. The number of nitrogens with one attached hydrogen (secondary N) is 2. The Kier molecular flexibility index (Phi) is 9.31. The molecule has 2 amide bonds. The van der Waals surface area contributed by atoms with Gasteiger partial charge in [0.05, 0.1) is 23.9 Å². The van der Waals surface area contributed by atoms with Crippen LogP contribution in [0, 0.1) is 0 Å². The third kappa shape index (κ3) is 6.96. The molecule has 7 nitrogen and oxygen atoms in total. The van der Waals surface area contributed by atoms with E-state index in [0.29, 0.717) is 34.7 Å². The molecule has 136 valence electrons. The van der Waals surface area contributed by atoms with E-state index in [0.717, 1.165) is 6.42 Å². The maximum absolute atomic E-state index is 11.5. The molecule has 0 spiro atoms. The fourth-order valence-corrected chi connectivity index (χ4v) is 2.31. The van der Waals surface area contributed by atoms with Crippen molar-refractivity contribution in [2.24, 2.45) is 5.10 Å². The van der Waals surface area contributed by atoms with Gasteiger partial charge in [0.1, 0.15) is 0 Å². The maximum Gasteiger partial charge on any atom is 0.329 e. The number of carbonyl (C=O) groups excluding carboxylic acids is 2. The van der Waals surface area contributed by atoms with Crippen molar-refractivity contribution in [1.82, 2.24) is 10.7 Å². The van der Waals surface area contributed by atoms with Crippen LogP contribution < -0.4 is 20.2 Å². The maximum atomic E-state index is 11.5. The Labute approximate surface area is 155 Å². The van der Waals surface area contributed by atoms with Gasteiger partial charge >= 0.3 is 11.8 Å². The first-order valence-electron chi connectivity index (χ1n) is 7.84. The fraction of sp³-hybridized carbons (Fsp3) is 0.353. The van der Waals surface area contributed by atoms with Gasteiger partial charge in [0.15, 0.2) is 11.5 Å². The van der Waals surface area contributed by atoms with E-state index in [2.05, 4.69) is 38.4 Å². The predicted octanol–water partition coefficient (Wildman–Crippen LogP) is 2.39. The second-order valence-corrected chi connectivity index (χ2v) is 5.66. The average molecular weight is 412 g/mol. The number of halogens is 1. The first kappa shape index (κ1) is 20.7. The van der Waals surface area contributed by atoms with Crippen LogP contribution in [0.25, 0.3) is 0 Å². The zero-order valence-corrected chi connectivity index (χ0v) is 15.9. The highest BCUT2D eigenvalue weighted by atomic mass is 79.9. The van der Waals surface area contributed by atoms with Crippen LogP contribution in [-0.4, -0.2) is 37.8 Å². The highest BCUT2D eigenvalue weighted by molar-refractivity contribution is 9.10. The molecule has 0 fully saturated rings. The van der Waals surface area contributed by atoms with E-state index in [1.807, 2.05) is 13.8 Å². The number of rotatable bonds is 9. The molecule has 1 rings (SSSR count). The molecule has 0 atom stereocenters. The molecular weight excluding hydrogens is 390 g/mol. The van der Waals surface area contributed by atoms with E-state index in [1.165, 1.54) is 12.3 Å². The van der Waals surface area contributed by atoms with Gasteiger partial charge in [-0.25, -0.2) is 5.43 Å². The van der Waals surface area contributed by atoms with E-state index in [9.17, 15) is 9.59 Å². The Bertz CT molecular complexity index is 647. The Morgan fingerprint density at radius 1 is 1.28 bits per heavy atom. The largest absolute Gasteiger partial charge is 0.490 e. The van der Waals surface area contributed by atoms with Crippen molar-refractivity contribution in [3.05, 3.63) is 34.8 Å². The average Bonchev–Trinajstić information content (AvgIpc) is 2.59. The van der Waals surface area contributed by atoms with Gasteiger partial charge in [-0.05, 0) is 47.0 Å². The number of hydrogen-bond donors (Lipinski definition) is 2. The van der Waals surface area contributed by atoms with Crippen LogP contribution in [0.15, 0.2) is 34.4 Å². The summed E-state index contributed by atoms with van der Waals surface area (Å²) < 4.78 is 12.0. The van der Waals surface area contributed by atoms with Crippen LogP contribution in [0.1, 0.15) is 25.8 Å². The van der Waals surface area contributed by atoms with Gasteiger partial charge in [-0.15, -0.1) is 6.58 Å². The number of hydrogen-bond acceptors (Lipinski definition) is 5. The zero-order chi connectivity index (χ0) is 18.7. The van der Waals surface area contributed by atoms with Crippen LogP contribution in [0.3, 0.4) is 0 Å². The van der Waals surface area contributed by atoms with E-state index in [1.54, 1.807) is 12.1 Å². The lowest BCUT2D eigenvalue weighted by Crippen LogP contribution is -2.37. The van der Waals surface area contributed by atoms with E-state index >= 15 is 0 Å². The summed E-state index contributed by atoms with van der Waals surface area (Å²) in [4.78, 5) is 22.9. The molecule has 0 aliphatic rings. The second-order valence-electron chi connectivity index (χ2n) is 4.81. The summed E-state index contributed by atoms with van der Waals surface area (Å²) in [6.07, 6.45) is 3.76. The topological polar surface area (TPSA) is 89.0 Å². The van der Waals surface area contributed by atoms with Gasteiger partial charge < -0.3 is 14.8 Å². The molecule has 8 heteroatoms. The Morgan fingerprint density at radius 2 is 2.04 bits per heavy atom. The molecule has 0 bridgehead atoms. The highest BCUT2D eigenvalue weighted by Gasteiger charge is 2.13. The van der Waals surface area contributed by atoms with Crippen molar-refractivity contribution in [2.45, 2.75) is 20.3 Å². The highest BCUT2D eigenvalue weighted by Crippen LogP contribution is 2.36. The number of nitrogens with zero attached hydrogens (tertiary/aromatic N) is 1. The normalized spacial score (nSPS) is 10.4. The molecule has 0 saturated heterocycles. The van der Waals surface area contributed by atoms with Crippen molar-refractivity contribution >= 4 is 34.0 Å². The molecule has 1 aromatic carbocycles. The summed E-state index contributed by atoms with van der Waals surface area (Å²) in [6.45, 7) is 8.60.